The molecule has 0 radical (unpaired) electrons. The van der Waals surface area contributed by atoms with Crippen molar-refractivity contribution in [2.45, 2.75) is 36.2 Å². The lowest BCUT2D eigenvalue weighted by atomic mass is 10.1. The highest BCUT2D eigenvalue weighted by molar-refractivity contribution is 9.10. The maximum Gasteiger partial charge on any atom is 0.243 e. The van der Waals surface area contributed by atoms with Crippen LogP contribution in [0.4, 0.5) is 10.1 Å². The second kappa shape index (κ2) is 5.49. The Morgan fingerprint density at radius 3 is 2.86 bits per heavy atom. The van der Waals surface area contributed by atoms with Crippen molar-refractivity contribution in [3.8, 4) is 0 Å². The van der Waals surface area contributed by atoms with Gasteiger partial charge in [-0.3, -0.25) is 4.90 Å². The van der Waals surface area contributed by atoms with E-state index in [1.54, 1.807) is 0 Å². The van der Waals surface area contributed by atoms with E-state index in [9.17, 15) is 12.8 Å². The molecule has 2 unspecified atom stereocenters. The number of hydrogen-bond donors (Lipinski definition) is 2. The molecule has 5 nitrogen and oxygen atoms in total. The Morgan fingerprint density at radius 2 is 2.10 bits per heavy atom. The third kappa shape index (κ3) is 2.81. The van der Waals surface area contributed by atoms with Gasteiger partial charge in [-0.2, -0.15) is 0 Å². The van der Waals surface area contributed by atoms with Crippen LogP contribution in [0, 0.1) is 5.82 Å². The number of sulfonamides is 1. The minimum absolute atomic E-state index is 0.151. The molecule has 3 N–H and O–H groups in total. The Labute approximate surface area is 131 Å². The van der Waals surface area contributed by atoms with Gasteiger partial charge >= 0.3 is 0 Å². The molecule has 2 heterocycles. The lowest BCUT2D eigenvalue weighted by molar-refractivity contribution is 0.308. The van der Waals surface area contributed by atoms with Crippen molar-refractivity contribution in [1.29, 1.82) is 0 Å². The van der Waals surface area contributed by atoms with E-state index in [-0.39, 0.29) is 22.7 Å². The van der Waals surface area contributed by atoms with Crippen molar-refractivity contribution < 1.29 is 12.8 Å². The molecule has 2 fully saturated rings. The summed E-state index contributed by atoms with van der Waals surface area (Å²) in [6.07, 6.45) is 2.83. The number of nitrogen functional groups attached to an aromatic ring is 1. The molecule has 21 heavy (non-hydrogen) atoms. The first kappa shape index (κ1) is 15.2. The van der Waals surface area contributed by atoms with E-state index in [4.69, 9.17) is 5.73 Å². The van der Waals surface area contributed by atoms with Gasteiger partial charge < -0.3 is 5.73 Å². The zero-order chi connectivity index (χ0) is 15.2. The van der Waals surface area contributed by atoms with E-state index < -0.39 is 15.8 Å². The van der Waals surface area contributed by atoms with Crippen molar-refractivity contribution in [2.75, 3.05) is 18.8 Å². The van der Waals surface area contributed by atoms with E-state index in [1.165, 1.54) is 0 Å². The van der Waals surface area contributed by atoms with Gasteiger partial charge in [0.1, 0.15) is 10.7 Å². The van der Waals surface area contributed by atoms with Gasteiger partial charge in [-0.05, 0) is 53.9 Å². The molecule has 2 saturated heterocycles. The van der Waals surface area contributed by atoms with Crippen molar-refractivity contribution in [3.63, 3.8) is 0 Å². The zero-order valence-electron chi connectivity index (χ0n) is 11.4. The average Bonchev–Trinajstić information content (AvgIpc) is 2.98. The highest BCUT2D eigenvalue weighted by Gasteiger charge is 2.39. The minimum atomic E-state index is -3.90. The normalized spacial score (nSPS) is 26.2. The smallest absolute Gasteiger partial charge is 0.243 e. The van der Waals surface area contributed by atoms with Gasteiger partial charge in [0.15, 0.2) is 0 Å². The minimum Gasteiger partial charge on any atom is -0.398 e. The number of halogens is 2. The lowest BCUT2D eigenvalue weighted by Crippen LogP contribution is -2.42. The third-order valence-corrected chi connectivity index (χ3v) is 6.44. The summed E-state index contributed by atoms with van der Waals surface area (Å²) in [5, 5.41) is 0. The molecule has 0 aliphatic carbocycles. The number of rotatable bonds is 3. The largest absolute Gasteiger partial charge is 0.398 e. The molecule has 2 aliphatic heterocycles. The van der Waals surface area contributed by atoms with Crippen LogP contribution in [-0.4, -0.2) is 38.5 Å². The fraction of sp³-hybridized carbons (Fsp3) is 0.538. The van der Waals surface area contributed by atoms with Crippen LogP contribution in [0.2, 0.25) is 0 Å². The number of hydrogen-bond acceptors (Lipinski definition) is 4. The first-order valence-corrected chi connectivity index (χ1v) is 9.17. The SMILES string of the molecule is Nc1cc(S(=O)(=O)NC2CCN3CCCC23)c(F)cc1Br. The van der Waals surface area contributed by atoms with Gasteiger partial charge in [0, 0.05) is 28.8 Å². The van der Waals surface area contributed by atoms with Crippen LogP contribution in [-0.2, 0) is 10.0 Å². The first-order chi connectivity index (χ1) is 9.88. The summed E-state index contributed by atoms with van der Waals surface area (Å²) in [5.74, 6) is -0.801. The van der Waals surface area contributed by atoms with Crippen LogP contribution < -0.4 is 10.5 Å². The predicted octanol–water partition coefficient (Wildman–Crippen LogP) is 1.69. The lowest BCUT2D eigenvalue weighted by Gasteiger charge is -2.21. The van der Waals surface area contributed by atoms with Crippen LogP contribution in [0.5, 0.6) is 0 Å². The number of fused-ring (bicyclic) bond motifs is 1. The third-order valence-electron chi connectivity index (χ3n) is 4.25. The fourth-order valence-corrected chi connectivity index (χ4v) is 4.95. The summed E-state index contributed by atoms with van der Waals surface area (Å²) in [7, 11) is -3.90. The van der Waals surface area contributed by atoms with Crippen LogP contribution in [0.15, 0.2) is 21.5 Å². The van der Waals surface area contributed by atoms with Crippen molar-refractivity contribution >= 4 is 31.6 Å². The van der Waals surface area contributed by atoms with E-state index in [0.29, 0.717) is 4.47 Å². The number of benzene rings is 1. The Kier molecular flexibility index (Phi) is 3.98. The average molecular weight is 378 g/mol. The highest BCUT2D eigenvalue weighted by atomic mass is 79.9. The van der Waals surface area contributed by atoms with Gasteiger partial charge in [-0.1, -0.05) is 0 Å². The van der Waals surface area contributed by atoms with Gasteiger partial charge in [0.05, 0.1) is 0 Å². The number of nitrogens with one attached hydrogen (secondary N) is 1. The molecule has 0 bridgehead atoms. The molecule has 0 spiro atoms. The summed E-state index contributed by atoms with van der Waals surface area (Å²) < 4.78 is 41.8. The molecule has 0 aromatic heterocycles. The van der Waals surface area contributed by atoms with Gasteiger partial charge in [-0.15, -0.1) is 0 Å². The summed E-state index contributed by atoms with van der Waals surface area (Å²) in [5.41, 5.74) is 5.87. The van der Waals surface area contributed by atoms with Crippen LogP contribution in [0.25, 0.3) is 0 Å². The van der Waals surface area contributed by atoms with Gasteiger partial charge in [0.2, 0.25) is 10.0 Å². The molecule has 2 atom stereocenters. The van der Waals surface area contributed by atoms with Crippen LogP contribution >= 0.6 is 15.9 Å². The van der Waals surface area contributed by atoms with E-state index >= 15 is 0 Å². The Bertz CT molecular complexity index is 668. The molecular weight excluding hydrogens is 361 g/mol. The van der Waals surface area contributed by atoms with E-state index in [0.717, 1.165) is 44.5 Å². The second-order valence-corrected chi connectivity index (χ2v) is 8.10. The number of anilines is 1. The van der Waals surface area contributed by atoms with Crippen LogP contribution in [0.1, 0.15) is 19.3 Å². The summed E-state index contributed by atoms with van der Waals surface area (Å²) >= 11 is 3.09. The molecule has 3 rings (SSSR count). The van der Waals surface area contributed by atoms with Crippen molar-refractivity contribution in [2.24, 2.45) is 0 Å². The molecule has 1 aromatic carbocycles. The quantitative estimate of drug-likeness (QED) is 0.785. The maximum absolute atomic E-state index is 14.0. The standard InChI is InChI=1S/C13H17BrFN3O2S/c14-8-6-9(15)13(7-10(8)16)21(19,20)17-11-3-5-18-4-1-2-12(11)18/h6-7,11-12,17H,1-5,16H2. The van der Waals surface area contributed by atoms with Crippen molar-refractivity contribution in [3.05, 3.63) is 22.4 Å². The summed E-state index contributed by atoms with van der Waals surface area (Å²) in [4.78, 5) is 1.90. The Morgan fingerprint density at radius 1 is 1.33 bits per heavy atom. The number of nitrogens with two attached hydrogens (primary N) is 1. The monoisotopic (exact) mass is 377 g/mol. The topological polar surface area (TPSA) is 75.4 Å². The van der Waals surface area contributed by atoms with Crippen LogP contribution in [0.3, 0.4) is 0 Å². The Balaban J connectivity index is 1.86. The summed E-state index contributed by atoms with van der Waals surface area (Å²) in [6.45, 7) is 1.91. The molecule has 0 amide bonds. The predicted molar refractivity (Wildman–Crippen MR) is 81.8 cm³/mol. The molecule has 8 heteroatoms. The molecule has 0 saturated carbocycles. The number of nitrogens with zero attached hydrogens (tertiary/aromatic N) is 1. The molecule has 2 aliphatic rings. The first-order valence-electron chi connectivity index (χ1n) is 6.89. The van der Waals surface area contributed by atoms with Gasteiger partial charge in [-0.25, -0.2) is 17.5 Å². The van der Waals surface area contributed by atoms with E-state index in [1.807, 2.05) is 0 Å². The van der Waals surface area contributed by atoms with Crippen molar-refractivity contribution in [1.82, 2.24) is 9.62 Å². The maximum atomic E-state index is 14.0. The fourth-order valence-electron chi connectivity index (χ4n) is 3.23. The molecule has 1 aromatic rings. The molecule has 116 valence electrons. The zero-order valence-corrected chi connectivity index (χ0v) is 13.8. The molecular formula is C13H17BrFN3O2S. The van der Waals surface area contributed by atoms with E-state index in [2.05, 4.69) is 25.6 Å². The van der Waals surface area contributed by atoms with Gasteiger partial charge in [0.25, 0.3) is 0 Å². The summed E-state index contributed by atoms with van der Waals surface area (Å²) in [6, 6.07) is 2.32. The highest BCUT2D eigenvalue weighted by Crippen LogP contribution is 2.30. The Hall–Kier alpha value is -0.700. The second-order valence-electron chi connectivity index (χ2n) is 5.57.